The number of aromatic amines is 1. The number of aromatic nitrogens is 1. The molecule has 0 saturated heterocycles. The van der Waals surface area contributed by atoms with E-state index < -0.39 is 12.0 Å². The molecule has 3 rings (SSSR count). The Morgan fingerprint density at radius 2 is 2.03 bits per heavy atom. The monoisotopic (exact) mass is 414 g/mol. The van der Waals surface area contributed by atoms with Gasteiger partial charge in [-0.1, -0.05) is 29.8 Å². The van der Waals surface area contributed by atoms with E-state index in [-0.39, 0.29) is 18.7 Å². The summed E-state index contributed by atoms with van der Waals surface area (Å²) >= 11 is 5.92. The largest absolute Gasteiger partial charge is 0.493 e. The van der Waals surface area contributed by atoms with Gasteiger partial charge in [0.15, 0.2) is 0 Å². The number of carboxylic acid groups (broad SMARTS) is 1. The lowest BCUT2D eigenvalue weighted by Crippen LogP contribution is -2.42. The summed E-state index contributed by atoms with van der Waals surface area (Å²) in [5, 5.41) is 13.7. The summed E-state index contributed by atoms with van der Waals surface area (Å²) in [5.74, 6) is -0.650. The van der Waals surface area contributed by atoms with Crippen molar-refractivity contribution in [3.8, 4) is 5.75 Å². The third kappa shape index (κ3) is 5.51. The van der Waals surface area contributed by atoms with E-state index in [1.165, 1.54) is 0 Å². The molecule has 29 heavy (non-hydrogen) atoms. The predicted octanol–water partition coefficient (Wildman–Crippen LogP) is 4.10. The first-order valence-corrected chi connectivity index (χ1v) is 9.78. The van der Waals surface area contributed by atoms with Crippen LogP contribution in [-0.2, 0) is 16.0 Å². The van der Waals surface area contributed by atoms with Crippen molar-refractivity contribution in [2.45, 2.75) is 32.2 Å². The van der Waals surface area contributed by atoms with Gasteiger partial charge in [0.25, 0.3) is 0 Å². The van der Waals surface area contributed by atoms with Gasteiger partial charge in [-0.2, -0.15) is 0 Å². The number of aryl methyl sites for hydroxylation is 1. The number of benzene rings is 2. The molecule has 152 valence electrons. The number of carboxylic acids is 1. The van der Waals surface area contributed by atoms with Gasteiger partial charge in [0.1, 0.15) is 11.8 Å². The molecule has 1 amide bonds. The van der Waals surface area contributed by atoms with Gasteiger partial charge in [-0.3, -0.25) is 4.79 Å². The zero-order valence-electron chi connectivity index (χ0n) is 16.1. The van der Waals surface area contributed by atoms with Crippen molar-refractivity contribution in [3.05, 3.63) is 64.8 Å². The Morgan fingerprint density at radius 3 is 2.79 bits per heavy atom. The van der Waals surface area contributed by atoms with Gasteiger partial charge in [0, 0.05) is 35.0 Å². The highest BCUT2D eigenvalue weighted by Crippen LogP contribution is 2.22. The first kappa shape index (κ1) is 20.7. The molecule has 3 N–H and O–H groups in total. The SMILES string of the molecule is Cc1cc(Cl)ccc1OCCCC(=O)N[C@@H](Cc1c[nH]c2ccccc12)C(=O)O. The Balaban J connectivity index is 1.50. The number of nitrogens with one attached hydrogen (secondary N) is 2. The van der Waals surface area contributed by atoms with Gasteiger partial charge in [-0.05, 0) is 48.7 Å². The van der Waals surface area contributed by atoms with Crippen molar-refractivity contribution in [3.63, 3.8) is 0 Å². The Hall–Kier alpha value is -2.99. The normalized spacial score (nSPS) is 11.9. The van der Waals surface area contributed by atoms with Gasteiger partial charge in [0.05, 0.1) is 6.61 Å². The number of carbonyl (C=O) groups is 2. The van der Waals surface area contributed by atoms with E-state index in [0.29, 0.717) is 18.1 Å². The van der Waals surface area contributed by atoms with Gasteiger partial charge in [0.2, 0.25) is 5.91 Å². The molecular formula is C22H23ClN2O4. The number of hydrogen-bond donors (Lipinski definition) is 3. The van der Waals surface area contributed by atoms with Crippen molar-refractivity contribution in [2.75, 3.05) is 6.61 Å². The van der Waals surface area contributed by atoms with Crippen LogP contribution in [0, 0.1) is 6.92 Å². The number of carbonyl (C=O) groups excluding carboxylic acids is 1. The van der Waals surface area contributed by atoms with Crippen LogP contribution in [0.2, 0.25) is 5.02 Å². The average molecular weight is 415 g/mol. The first-order valence-electron chi connectivity index (χ1n) is 9.40. The molecule has 0 aliphatic carbocycles. The molecule has 0 radical (unpaired) electrons. The highest BCUT2D eigenvalue weighted by Gasteiger charge is 2.21. The van der Waals surface area contributed by atoms with Gasteiger partial charge >= 0.3 is 5.97 Å². The van der Waals surface area contributed by atoms with E-state index in [1.807, 2.05) is 37.3 Å². The second-order valence-corrected chi connectivity index (χ2v) is 7.32. The lowest BCUT2D eigenvalue weighted by molar-refractivity contribution is -0.141. The summed E-state index contributed by atoms with van der Waals surface area (Å²) in [6.07, 6.45) is 2.66. The number of ether oxygens (including phenoxy) is 1. The molecule has 6 nitrogen and oxygen atoms in total. The van der Waals surface area contributed by atoms with Crippen LogP contribution in [0.1, 0.15) is 24.0 Å². The van der Waals surface area contributed by atoms with E-state index in [2.05, 4.69) is 10.3 Å². The fourth-order valence-electron chi connectivity index (χ4n) is 3.18. The first-order chi connectivity index (χ1) is 13.9. The minimum absolute atomic E-state index is 0.185. The summed E-state index contributed by atoms with van der Waals surface area (Å²) in [6.45, 7) is 2.26. The highest BCUT2D eigenvalue weighted by atomic mass is 35.5. The van der Waals surface area contributed by atoms with Crippen molar-refractivity contribution in [1.82, 2.24) is 10.3 Å². The molecule has 0 saturated carbocycles. The molecule has 0 unspecified atom stereocenters. The third-order valence-corrected chi connectivity index (χ3v) is 4.91. The van der Waals surface area contributed by atoms with E-state index in [9.17, 15) is 14.7 Å². The molecule has 0 bridgehead atoms. The molecule has 7 heteroatoms. The average Bonchev–Trinajstić information content (AvgIpc) is 3.09. The number of rotatable bonds is 9. The van der Waals surface area contributed by atoms with Gasteiger partial charge in [-0.15, -0.1) is 0 Å². The van der Waals surface area contributed by atoms with Crippen LogP contribution < -0.4 is 10.1 Å². The zero-order chi connectivity index (χ0) is 20.8. The standard InChI is InChI=1S/C22H23ClN2O4/c1-14-11-16(23)8-9-20(14)29-10-4-7-21(26)25-19(22(27)28)12-15-13-24-18-6-3-2-5-17(15)18/h2-3,5-6,8-9,11,13,19,24H,4,7,10,12H2,1H3,(H,25,26)(H,27,28)/t19-/m0/s1. The molecular weight excluding hydrogens is 392 g/mol. The number of fused-ring (bicyclic) bond motifs is 1. The van der Waals surface area contributed by atoms with E-state index in [0.717, 1.165) is 27.8 Å². The van der Waals surface area contributed by atoms with Crippen molar-refractivity contribution >= 4 is 34.4 Å². The highest BCUT2D eigenvalue weighted by molar-refractivity contribution is 6.30. The minimum Gasteiger partial charge on any atom is -0.493 e. The number of hydrogen-bond acceptors (Lipinski definition) is 3. The quantitative estimate of drug-likeness (QED) is 0.460. The number of H-pyrrole nitrogens is 1. The van der Waals surface area contributed by atoms with Crippen LogP contribution in [0.3, 0.4) is 0 Å². The summed E-state index contributed by atoms with van der Waals surface area (Å²) in [7, 11) is 0. The van der Waals surface area contributed by atoms with Crippen molar-refractivity contribution in [2.24, 2.45) is 0 Å². The third-order valence-electron chi connectivity index (χ3n) is 4.67. The summed E-state index contributed by atoms with van der Waals surface area (Å²) in [5.41, 5.74) is 2.72. The number of para-hydroxylation sites is 1. The molecule has 0 aliphatic heterocycles. The smallest absolute Gasteiger partial charge is 0.326 e. The summed E-state index contributed by atoms with van der Waals surface area (Å²) in [6, 6.07) is 12.0. The summed E-state index contributed by atoms with van der Waals surface area (Å²) < 4.78 is 5.67. The Labute approximate surface area is 173 Å². The second kappa shape index (κ2) is 9.47. The van der Waals surface area contributed by atoms with Crippen LogP contribution in [0.25, 0.3) is 10.9 Å². The molecule has 3 aromatic rings. The van der Waals surface area contributed by atoms with Crippen LogP contribution in [-0.4, -0.2) is 34.6 Å². The maximum atomic E-state index is 12.2. The van der Waals surface area contributed by atoms with Crippen LogP contribution >= 0.6 is 11.6 Å². The molecule has 1 aromatic heterocycles. The van der Waals surface area contributed by atoms with Crippen LogP contribution in [0.4, 0.5) is 0 Å². The lowest BCUT2D eigenvalue weighted by Gasteiger charge is -2.14. The maximum Gasteiger partial charge on any atom is 0.326 e. The zero-order valence-corrected chi connectivity index (χ0v) is 16.8. The molecule has 1 heterocycles. The Bertz CT molecular complexity index is 1010. The number of halogens is 1. The Morgan fingerprint density at radius 1 is 1.24 bits per heavy atom. The van der Waals surface area contributed by atoms with Gasteiger partial charge in [-0.25, -0.2) is 4.79 Å². The maximum absolute atomic E-state index is 12.2. The van der Waals surface area contributed by atoms with Gasteiger partial charge < -0.3 is 20.1 Å². The fraction of sp³-hybridized carbons (Fsp3) is 0.273. The molecule has 0 spiro atoms. The predicted molar refractivity (Wildman–Crippen MR) is 112 cm³/mol. The fourth-order valence-corrected chi connectivity index (χ4v) is 3.40. The second-order valence-electron chi connectivity index (χ2n) is 6.88. The van der Waals surface area contributed by atoms with Crippen molar-refractivity contribution in [1.29, 1.82) is 0 Å². The van der Waals surface area contributed by atoms with E-state index in [1.54, 1.807) is 18.3 Å². The Kier molecular flexibility index (Phi) is 6.77. The molecule has 0 fully saturated rings. The topological polar surface area (TPSA) is 91.4 Å². The van der Waals surface area contributed by atoms with Crippen LogP contribution in [0.15, 0.2) is 48.7 Å². The molecule has 1 atom stereocenters. The molecule has 2 aromatic carbocycles. The lowest BCUT2D eigenvalue weighted by atomic mass is 10.0. The van der Waals surface area contributed by atoms with Crippen molar-refractivity contribution < 1.29 is 19.4 Å². The number of aliphatic carboxylic acids is 1. The van der Waals surface area contributed by atoms with Crippen LogP contribution in [0.5, 0.6) is 5.75 Å². The number of amides is 1. The summed E-state index contributed by atoms with van der Waals surface area (Å²) in [4.78, 5) is 27.0. The minimum atomic E-state index is -1.06. The van der Waals surface area contributed by atoms with E-state index in [4.69, 9.17) is 16.3 Å². The van der Waals surface area contributed by atoms with E-state index >= 15 is 0 Å². The molecule has 0 aliphatic rings.